The number of hydrogen-bond donors (Lipinski definition) is 3. The average Bonchev–Trinajstić information content (AvgIpc) is 3.07. The van der Waals surface area contributed by atoms with Gasteiger partial charge in [-0.2, -0.15) is 0 Å². The molecule has 0 saturated heterocycles. The van der Waals surface area contributed by atoms with E-state index in [1.54, 1.807) is 18.2 Å². The van der Waals surface area contributed by atoms with Crippen LogP contribution >= 0.6 is 0 Å². The number of nitrogens with one attached hydrogen (secondary N) is 2. The normalized spacial score (nSPS) is 18.3. The predicted molar refractivity (Wildman–Crippen MR) is 84.5 cm³/mol. The second-order valence-corrected chi connectivity index (χ2v) is 7.59. The fourth-order valence-electron chi connectivity index (χ4n) is 3.20. The largest absolute Gasteiger partial charge is 0.399 e. The van der Waals surface area contributed by atoms with E-state index in [0.717, 1.165) is 18.4 Å². The monoisotopic (exact) mass is 307 g/mol. The van der Waals surface area contributed by atoms with Gasteiger partial charge in [0.2, 0.25) is 10.0 Å². The molecule has 3 rings (SSSR count). The number of H-pyrrole nitrogens is 1. The smallest absolute Gasteiger partial charge is 0.242 e. The third-order valence-electron chi connectivity index (χ3n) is 4.41. The van der Waals surface area contributed by atoms with Gasteiger partial charge in [0.15, 0.2) is 0 Å². The van der Waals surface area contributed by atoms with Crippen molar-refractivity contribution < 1.29 is 8.42 Å². The highest BCUT2D eigenvalue weighted by Gasteiger charge is 2.27. The number of anilines is 1. The number of nitrogen functional groups attached to an aromatic ring is 1. The minimum Gasteiger partial charge on any atom is -0.399 e. The third-order valence-corrected chi connectivity index (χ3v) is 6.00. The Bertz CT molecular complexity index is 745. The standard InChI is InChI=1S/C15H21N3O2S/c1-10(11-4-2-3-5-11)18-21(19,20)15-9-17-14-7-6-12(16)8-13(14)15/h6-11,17-18H,2-5,16H2,1H3. The second kappa shape index (κ2) is 5.35. The highest BCUT2D eigenvalue weighted by atomic mass is 32.2. The van der Waals surface area contributed by atoms with Crippen LogP contribution in [0.1, 0.15) is 32.6 Å². The Morgan fingerprint density at radius 1 is 1.33 bits per heavy atom. The number of benzene rings is 1. The molecule has 114 valence electrons. The molecule has 1 aromatic carbocycles. The van der Waals surface area contributed by atoms with Gasteiger partial charge in [0, 0.05) is 28.8 Å². The number of aromatic amines is 1. The van der Waals surface area contributed by atoms with Crippen LogP contribution in [0.3, 0.4) is 0 Å². The number of sulfonamides is 1. The molecule has 2 aromatic rings. The number of nitrogens with two attached hydrogens (primary N) is 1. The maximum absolute atomic E-state index is 12.6. The summed E-state index contributed by atoms with van der Waals surface area (Å²) in [5.41, 5.74) is 7.10. The molecule has 4 N–H and O–H groups in total. The van der Waals surface area contributed by atoms with Gasteiger partial charge in [-0.25, -0.2) is 13.1 Å². The van der Waals surface area contributed by atoms with Crippen LogP contribution in [0.25, 0.3) is 10.9 Å². The fourth-order valence-corrected chi connectivity index (χ4v) is 4.68. The van der Waals surface area contributed by atoms with E-state index in [2.05, 4.69) is 9.71 Å². The molecule has 5 nitrogen and oxygen atoms in total. The first kappa shape index (κ1) is 14.4. The molecule has 1 saturated carbocycles. The summed E-state index contributed by atoms with van der Waals surface area (Å²) in [6, 6.07) is 5.21. The van der Waals surface area contributed by atoms with Gasteiger partial charge in [-0.1, -0.05) is 12.8 Å². The highest BCUT2D eigenvalue weighted by Crippen LogP contribution is 2.29. The van der Waals surface area contributed by atoms with Gasteiger partial charge in [0.25, 0.3) is 0 Å². The summed E-state index contributed by atoms with van der Waals surface area (Å²) in [5.74, 6) is 0.440. The van der Waals surface area contributed by atoms with E-state index >= 15 is 0 Å². The van der Waals surface area contributed by atoms with Gasteiger partial charge in [-0.3, -0.25) is 0 Å². The lowest BCUT2D eigenvalue weighted by Gasteiger charge is -2.20. The Morgan fingerprint density at radius 2 is 2.05 bits per heavy atom. The van der Waals surface area contributed by atoms with Crippen LogP contribution in [0.2, 0.25) is 0 Å². The molecule has 21 heavy (non-hydrogen) atoms. The van der Waals surface area contributed by atoms with Crippen molar-refractivity contribution in [3.8, 4) is 0 Å². The number of aromatic nitrogens is 1. The summed E-state index contributed by atoms with van der Waals surface area (Å²) < 4.78 is 28.1. The van der Waals surface area contributed by atoms with Gasteiger partial charge >= 0.3 is 0 Å². The van der Waals surface area contributed by atoms with Crippen molar-refractivity contribution in [1.82, 2.24) is 9.71 Å². The molecule has 0 spiro atoms. The summed E-state index contributed by atoms with van der Waals surface area (Å²) in [4.78, 5) is 3.26. The Hall–Kier alpha value is -1.53. The van der Waals surface area contributed by atoms with E-state index in [9.17, 15) is 8.42 Å². The molecule has 0 amide bonds. The SMILES string of the molecule is CC(NS(=O)(=O)c1c[nH]c2ccc(N)cc12)C1CCCC1. The molecule has 1 atom stereocenters. The average molecular weight is 307 g/mol. The van der Waals surface area contributed by atoms with E-state index in [1.165, 1.54) is 19.0 Å². The van der Waals surface area contributed by atoms with Gasteiger partial charge in [0.1, 0.15) is 4.90 Å². The van der Waals surface area contributed by atoms with E-state index < -0.39 is 10.0 Å². The Labute approximate surface area is 125 Å². The first-order valence-corrected chi connectivity index (χ1v) is 8.84. The molecular weight excluding hydrogens is 286 g/mol. The van der Waals surface area contributed by atoms with Crippen molar-refractivity contribution in [1.29, 1.82) is 0 Å². The highest BCUT2D eigenvalue weighted by molar-refractivity contribution is 7.89. The zero-order valence-corrected chi connectivity index (χ0v) is 12.9. The summed E-state index contributed by atoms with van der Waals surface area (Å²) in [6.07, 6.45) is 6.13. The Morgan fingerprint density at radius 3 is 2.76 bits per heavy atom. The summed E-state index contributed by atoms with van der Waals surface area (Å²) in [7, 11) is -3.53. The summed E-state index contributed by atoms with van der Waals surface area (Å²) in [6.45, 7) is 1.96. The maximum atomic E-state index is 12.6. The molecule has 0 bridgehead atoms. The van der Waals surface area contributed by atoms with Gasteiger partial charge in [-0.15, -0.1) is 0 Å². The maximum Gasteiger partial charge on any atom is 0.242 e. The number of hydrogen-bond acceptors (Lipinski definition) is 3. The summed E-state index contributed by atoms with van der Waals surface area (Å²) >= 11 is 0. The molecule has 0 radical (unpaired) electrons. The molecule has 1 unspecified atom stereocenters. The molecule has 1 aliphatic carbocycles. The van der Waals surface area contributed by atoms with E-state index in [-0.39, 0.29) is 10.9 Å². The van der Waals surface area contributed by atoms with Crippen LogP contribution in [0.4, 0.5) is 5.69 Å². The van der Waals surface area contributed by atoms with Gasteiger partial charge in [0.05, 0.1) is 0 Å². The van der Waals surface area contributed by atoms with Crippen molar-refractivity contribution in [2.24, 2.45) is 5.92 Å². The van der Waals surface area contributed by atoms with Crippen LogP contribution in [0, 0.1) is 5.92 Å². The van der Waals surface area contributed by atoms with Gasteiger partial charge in [-0.05, 0) is 43.9 Å². The van der Waals surface area contributed by atoms with Crippen molar-refractivity contribution in [2.45, 2.75) is 43.5 Å². The topological polar surface area (TPSA) is 88.0 Å². The van der Waals surface area contributed by atoms with Crippen LogP contribution in [0.15, 0.2) is 29.3 Å². The fraction of sp³-hybridized carbons (Fsp3) is 0.467. The van der Waals surface area contributed by atoms with Crippen LogP contribution in [-0.4, -0.2) is 19.4 Å². The Kier molecular flexibility index (Phi) is 3.67. The number of rotatable bonds is 4. The van der Waals surface area contributed by atoms with Crippen molar-refractivity contribution >= 4 is 26.6 Å². The predicted octanol–water partition coefficient (Wildman–Crippen LogP) is 2.61. The molecule has 1 aromatic heterocycles. The summed E-state index contributed by atoms with van der Waals surface area (Å²) in [5, 5.41) is 0.640. The minimum absolute atomic E-state index is 0.0384. The molecule has 0 aliphatic heterocycles. The quantitative estimate of drug-likeness (QED) is 0.759. The second-order valence-electron chi connectivity index (χ2n) is 5.91. The zero-order valence-electron chi connectivity index (χ0n) is 12.1. The van der Waals surface area contributed by atoms with E-state index in [1.807, 2.05) is 6.92 Å². The van der Waals surface area contributed by atoms with Crippen molar-refractivity contribution in [3.63, 3.8) is 0 Å². The molecule has 1 aliphatic rings. The van der Waals surface area contributed by atoms with Crippen molar-refractivity contribution in [3.05, 3.63) is 24.4 Å². The first-order valence-electron chi connectivity index (χ1n) is 7.36. The molecule has 6 heteroatoms. The van der Waals surface area contributed by atoms with Crippen LogP contribution in [0.5, 0.6) is 0 Å². The van der Waals surface area contributed by atoms with E-state index in [0.29, 0.717) is 17.0 Å². The lowest BCUT2D eigenvalue weighted by Crippen LogP contribution is -2.37. The lowest BCUT2D eigenvalue weighted by molar-refractivity contribution is 0.424. The minimum atomic E-state index is -3.53. The van der Waals surface area contributed by atoms with Crippen LogP contribution in [-0.2, 0) is 10.0 Å². The first-order chi connectivity index (χ1) is 9.97. The molecular formula is C15H21N3O2S. The number of fused-ring (bicyclic) bond motifs is 1. The third kappa shape index (κ3) is 2.78. The van der Waals surface area contributed by atoms with Gasteiger partial charge < -0.3 is 10.7 Å². The lowest BCUT2D eigenvalue weighted by atomic mass is 10.0. The molecule has 1 heterocycles. The zero-order chi connectivity index (χ0) is 15.0. The molecule has 1 fully saturated rings. The Balaban J connectivity index is 1.91. The van der Waals surface area contributed by atoms with Crippen molar-refractivity contribution in [2.75, 3.05) is 5.73 Å². The van der Waals surface area contributed by atoms with Crippen LogP contribution < -0.4 is 10.5 Å². The van der Waals surface area contributed by atoms with E-state index in [4.69, 9.17) is 5.73 Å².